The highest BCUT2D eigenvalue weighted by Gasteiger charge is 2.32. The van der Waals surface area contributed by atoms with E-state index in [1.807, 2.05) is 24.3 Å². The summed E-state index contributed by atoms with van der Waals surface area (Å²) in [5, 5.41) is 5.02. The van der Waals surface area contributed by atoms with Gasteiger partial charge in [-0.15, -0.1) is 0 Å². The summed E-state index contributed by atoms with van der Waals surface area (Å²) >= 11 is 0. The first-order valence-electron chi connectivity index (χ1n) is 16.1. The van der Waals surface area contributed by atoms with Crippen molar-refractivity contribution in [3.63, 3.8) is 0 Å². The van der Waals surface area contributed by atoms with Gasteiger partial charge in [-0.3, -0.25) is 9.59 Å². The number of pyridine rings is 1. The monoisotopic (exact) mass is 694 g/mol. The molecule has 0 radical (unpaired) electrons. The van der Waals surface area contributed by atoms with Crippen molar-refractivity contribution in [2.45, 2.75) is 33.1 Å². The molecule has 0 atom stereocenters. The lowest BCUT2D eigenvalue weighted by Crippen LogP contribution is -2.48. The molecule has 9 nitrogen and oxygen atoms in total. The van der Waals surface area contributed by atoms with E-state index < -0.39 is 35.8 Å². The summed E-state index contributed by atoms with van der Waals surface area (Å²) in [4.78, 5) is 32.1. The van der Waals surface area contributed by atoms with Gasteiger partial charge in [0, 0.05) is 55.3 Å². The number of likely N-dealkylation sites (tertiary alicyclic amines) is 1. The van der Waals surface area contributed by atoms with Crippen molar-refractivity contribution in [3.8, 4) is 28.5 Å². The Morgan fingerprint density at radius 3 is 2.42 bits per heavy atom. The molecule has 1 aliphatic rings. The molecule has 1 saturated heterocycles. The van der Waals surface area contributed by atoms with Gasteiger partial charge in [-0.05, 0) is 65.9 Å². The summed E-state index contributed by atoms with van der Waals surface area (Å²) in [6.45, 7) is 7.14. The van der Waals surface area contributed by atoms with Crippen LogP contribution in [0.5, 0.6) is 17.4 Å². The Balaban J connectivity index is 1.25. The Morgan fingerprint density at radius 1 is 1.00 bits per heavy atom. The average Bonchev–Trinajstić information content (AvgIpc) is 3.07. The Labute approximate surface area is 287 Å². The van der Waals surface area contributed by atoms with Crippen LogP contribution < -0.4 is 24.8 Å². The quantitative estimate of drug-likeness (QED) is 0.141. The number of amides is 2. The number of alkyl halides is 3. The van der Waals surface area contributed by atoms with Gasteiger partial charge >= 0.3 is 6.18 Å². The summed E-state index contributed by atoms with van der Waals surface area (Å²) in [6.07, 6.45) is -3.73. The van der Waals surface area contributed by atoms with Crippen LogP contribution in [0.3, 0.4) is 0 Å². The van der Waals surface area contributed by atoms with Crippen molar-refractivity contribution in [1.29, 1.82) is 0 Å². The number of ether oxygens (including phenoxy) is 3. The van der Waals surface area contributed by atoms with Gasteiger partial charge in [-0.25, -0.2) is 9.37 Å². The van der Waals surface area contributed by atoms with Gasteiger partial charge < -0.3 is 29.7 Å². The fourth-order valence-corrected chi connectivity index (χ4v) is 5.54. The molecule has 2 N–H and O–H groups in total. The van der Waals surface area contributed by atoms with Crippen LogP contribution in [0.2, 0.25) is 0 Å². The molecule has 0 spiro atoms. The number of methoxy groups -OCH3 is 1. The highest BCUT2D eigenvalue weighted by atomic mass is 19.4. The largest absolute Gasteiger partial charge is 0.497 e. The number of carbonyl (C=O) groups excluding carboxylic acids is 2. The summed E-state index contributed by atoms with van der Waals surface area (Å²) in [6, 6.07) is 15.9. The maximum absolute atomic E-state index is 15.3. The zero-order chi connectivity index (χ0) is 35.8. The number of nitrogens with zero attached hydrogens (tertiary/aromatic N) is 2. The third kappa shape index (κ3) is 9.50. The second kappa shape index (κ2) is 16.0. The smallest absolute Gasteiger partial charge is 0.416 e. The highest BCUT2D eigenvalue weighted by Crippen LogP contribution is 2.34. The van der Waals surface area contributed by atoms with Gasteiger partial charge in [0.15, 0.2) is 0 Å². The fraction of sp³-hybridized carbons (Fsp3) is 0.324. The standard InChI is InChI=1S/C37H38F4N4O5/c1-4-49-33-18-35(50-22-24-5-9-30(48-3)10-6-24)43-19-31(33)25-7-8-26(32(38)15-25)16-34(46)44-29-14-27(13-28(17-29)37(39,40)41)36(47)42-11-12-45-20-23(2)21-45/h5-10,13-15,17-19,23H,4,11-12,16,20-22H2,1-3H3,(H,42,47)(H,44,46). The number of anilines is 1. The lowest BCUT2D eigenvalue weighted by Gasteiger charge is -2.37. The van der Waals surface area contributed by atoms with E-state index in [0.717, 1.165) is 36.5 Å². The minimum Gasteiger partial charge on any atom is -0.497 e. The fourth-order valence-electron chi connectivity index (χ4n) is 5.54. The van der Waals surface area contributed by atoms with E-state index in [9.17, 15) is 22.8 Å². The molecule has 3 aromatic carbocycles. The molecule has 50 heavy (non-hydrogen) atoms. The molecule has 5 rings (SSSR count). The third-order valence-corrected chi connectivity index (χ3v) is 8.06. The molecule has 0 bridgehead atoms. The third-order valence-electron chi connectivity index (χ3n) is 8.06. The number of nitrogens with one attached hydrogen (secondary N) is 2. The maximum Gasteiger partial charge on any atom is 0.416 e. The Morgan fingerprint density at radius 2 is 1.76 bits per heavy atom. The van der Waals surface area contributed by atoms with Crippen molar-refractivity contribution in [2.75, 3.05) is 45.2 Å². The average molecular weight is 695 g/mol. The first-order chi connectivity index (χ1) is 23.9. The zero-order valence-corrected chi connectivity index (χ0v) is 27.9. The van der Waals surface area contributed by atoms with Gasteiger partial charge in [0.1, 0.15) is 23.9 Å². The lowest BCUT2D eigenvalue weighted by atomic mass is 10.0. The Bertz CT molecular complexity index is 1810. The number of halogens is 4. The molecule has 13 heteroatoms. The molecule has 264 valence electrons. The van der Waals surface area contributed by atoms with E-state index in [4.69, 9.17) is 14.2 Å². The van der Waals surface area contributed by atoms with Crippen molar-refractivity contribution in [3.05, 3.63) is 101 Å². The predicted octanol–water partition coefficient (Wildman–Crippen LogP) is 6.76. The van der Waals surface area contributed by atoms with Crippen LogP contribution in [0.4, 0.5) is 23.2 Å². The highest BCUT2D eigenvalue weighted by molar-refractivity contribution is 5.98. The normalized spacial score (nSPS) is 13.3. The molecule has 1 fully saturated rings. The van der Waals surface area contributed by atoms with Crippen molar-refractivity contribution >= 4 is 17.5 Å². The van der Waals surface area contributed by atoms with Crippen LogP contribution in [0, 0.1) is 11.7 Å². The Kier molecular flexibility index (Phi) is 11.6. The number of rotatable bonds is 14. The van der Waals surface area contributed by atoms with E-state index in [1.54, 1.807) is 26.2 Å². The van der Waals surface area contributed by atoms with E-state index >= 15 is 4.39 Å². The van der Waals surface area contributed by atoms with Crippen LogP contribution in [0.1, 0.15) is 40.9 Å². The van der Waals surface area contributed by atoms with E-state index in [2.05, 4.69) is 27.4 Å². The number of hydrogen-bond donors (Lipinski definition) is 2. The van der Waals surface area contributed by atoms with Crippen LogP contribution in [0.15, 0.2) is 72.9 Å². The number of benzene rings is 3. The van der Waals surface area contributed by atoms with Crippen LogP contribution in [0.25, 0.3) is 11.1 Å². The summed E-state index contributed by atoms with van der Waals surface area (Å²) < 4.78 is 73.2. The first kappa shape index (κ1) is 36.1. The predicted molar refractivity (Wildman–Crippen MR) is 180 cm³/mol. The molecule has 2 amide bonds. The van der Waals surface area contributed by atoms with Crippen LogP contribution in [-0.2, 0) is 24.0 Å². The molecule has 2 heterocycles. The van der Waals surface area contributed by atoms with Gasteiger partial charge in [0.25, 0.3) is 5.91 Å². The van der Waals surface area contributed by atoms with Crippen molar-refractivity contribution in [1.82, 2.24) is 15.2 Å². The maximum atomic E-state index is 15.3. The molecule has 0 aliphatic carbocycles. The summed E-state index contributed by atoms with van der Waals surface area (Å²) in [5.74, 6) is -0.144. The molecular formula is C37H38F4N4O5. The van der Waals surface area contributed by atoms with E-state index in [-0.39, 0.29) is 30.0 Å². The van der Waals surface area contributed by atoms with E-state index in [0.29, 0.717) is 41.8 Å². The van der Waals surface area contributed by atoms with Gasteiger partial charge in [-0.1, -0.05) is 31.2 Å². The second-order valence-corrected chi connectivity index (χ2v) is 12.0. The number of carbonyl (C=O) groups is 2. The minimum absolute atomic E-state index is 0.0156. The number of aromatic nitrogens is 1. The summed E-state index contributed by atoms with van der Waals surface area (Å²) in [7, 11) is 1.59. The van der Waals surface area contributed by atoms with Gasteiger partial charge in [-0.2, -0.15) is 13.2 Å². The lowest BCUT2D eigenvalue weighted by molar-refractivity contribution is -0.137. The molecular weight excluding hydrogens is 656 g/mol. The minimum atomic E-state index is -4.76. The van der Waals surface area contributed by atoms with Crippen molar-refractivity contribution in [2.24, 2.45) is 5.92 Å². The van der Waals surface area contributed by atoms with Crippen LogP contribution >= 0.6 is 0 Å². The van der Waals surface area contributed by atoms with Crippen LogP contribution in [-0.4, -0.2) is 61.6 Å². The topological polar surface area (TPSA) is 102 Å². The van der Waals surface area contributed by atoms with Gasteiger partial charge in [0.2, 0.25) is 11.8 Å². The second-order valence-electron chi connectivity index (χ2n) is 12.0. The molecule has 0 unspecified atom stereocenters. The zero-order valence-electron chi connectivity index (χ0n) is 27.9. The molecule has 1 aromatic heterocycles. The molecule has 1 aliphatic heterocycles. The first-order valence-corrected chi connectivity index (χ1v) is 16.1. The van der Waals surface area contributed by atoms with Gasteiger partial charge in [0.05, 0.1) is 25.7 Å². The summed E-state index contributed by atoms with van der Waals surface area (Å²) in [5.41, 5.74) is 0.265. The number of hydrogen-bond acceptors (Lipinski definition) is 7. The Hall–Kier alpha value is -5.17. The van der Waals surface area contributed by atoms with Crippen molar-refractivity contribution < 1.29 is 41.4 Å². The molecule has 4 aromatic rings. The molecule has 0 saturated carbocycles. The SMILES string of the molecule is CCOc1cc(OCc2ccc(OC)cc2)ncc1-c1ccc(CC(=O)Nc2cc(C(=O)NCCN3CC(C)C3)cc(C(F)(F)F)c2)c(F)c1. The van der Waals surface area contributed by atoms with E-state index in [1.165, 1.54) is 24.4 Å².